The minimum Gasteiger partial charge on any atom is -0.492 e. The summed E-state index contributed by atoms with van der Waals surface area (Å²) in [6, 6.07) is 10.8. The molecule has 326 valence electrons. The standard InChI is InChI=1S/C51H59N3O8/c1-9-14-49-46(12-4)48-22-19-38(28-50(48)53(49)8)37(10-2)18-16-35(5)61-44-29-43(30-44)60-26-25-59-42(11-3)21-17-36(6)62-45-31-54(32-45)40-20-23-47(39(27-40)33-56)51(58)52(7)41(34-57)15-13-24-55/h9-12,14,16-24,27-28,33-34,41,43-45H,4-6,13,15,25-26,29-32H2,1-3,7-8H3/b14-9-,18-16-,21-17-,37-10+,42-11+. The van der Waals surface area contributed by atoms with Crippen molar-refractivity contribution in [2.24, 2.45) is 7.05 Å². The third kappa shape index (κ3) is 11.5. The van der Waals surface area contributed by atoms with E-state index in [2.05, 4.69) is 61.7 Å². The average Bonchev–Trinajstić information content (AvgIpc) is 3.52. The van der Waals surface area contributed by atoms with Crippen LogP contribution in [0, 0.1) is 0 Å². The van der Waals surface area contributed by atoms with E-state index in [9.17, 15) is 19.2 Å². The fourth-order valence-corrected chi connectivity index (χ4v) is 7.51. The topological polar surface area (TPSA) is 117 Å². The molecule has 2 aromatic carbocycles. The van der Waals surface area contributed by atoms with E-state index < -0.39 is 11.9 Å². The van der Waals surface area contributed by atoms with Gasteiger partial charge in [0.05, 0.1) is 37.4 Å². The van der Waals surface area contributed by atoms with E-state index in [1.54, 1.807) is 30.4 Å². The fraction of sp³-hybridized carbons (Fsp3) is 0.333. The van der Waals surface area contributed by atoms with Crippen LogP contribution in [0.2, 0.25) is 0 Å². The first-order valence-electron chi connectivity index (χ1n) is 21.0. The van der Waals surface area contributed by atoms with E-state index in [1.165, 1.54) is 17.3 Å². The maximum atomic E-state index is 13.1. The number of aromatic nitrogens is 1. The van der Waals surface area contributed by atoms with Crippen LogP contribution < -0.4 is 4.90 Å². The number of rotatable bonds is 24. The first-order chi connectivity index (χ1) is 30.0. The highest BCUT2D eigenvalue weighted by atomic mass is 16.5. The maximum Gasteiger partial charge on any atom is 0.254 e. The van der Waals surface area contributed by atoms with Crippen LogP contribution in [0.25, 0.3) is 28.6 Å². The molecule has 0 radical (unpaired) electrons. The van der Waals surface area contributed by atoms with Crippen molar-refractivity contribution >= 4 is 59.1 Å². The number of nitrogens with zero attached hydrogens (tertiary/aromatic N) is 3. The highest BCUT2D eigenvalue weighted by molar-refractivity contribution is 6.03. The summed E-state index contributed by atoms with van der Waals surface area (Å²) in [5, 5.41) is 1.17. The van der Waals surface area contributed by atoms with Gasteiger partial charge in [0.15, 0.2) is 6.29 Å². The second-order valence-corrected chi connectivity index (χ2v) is 15.3. The summed E-state index contributed by atoms with van der Waals surface area (Å²) >= 11 is 0. The van der Waals surface area contributed by atoms with Gasteiger partial charge in [0.25, 0.3) is 5.91 Å². The quantitative estimate of drug-likeness (QED) is 0.0377. The number of ether oxygens (including phenoxy) is 4. The van der Waals surface area contributed by atoms with Crippen LogP contribution in [-0.2, 0) is 35.6 Å². The van der Waals surface area contributed by atoms with Crippen molar-refractivity contribution in [3.8, 4) is 0 Å². The molecular weight excluding hydrogens is 783 g/mol. The maximum absolute atomic E-state index is 13.1. The number of anilines is 1. The normalized spacial score (nSPS) is 17.5. The van der Waals surface area contributed by atoms with E-state index in [-0.39, 0.29) is 42.3 Å². The lowest BCUT2D eigenvalue weighted by molar-refractivity contribution is -0.112. The van der Waals surface area contributed by atoms with Gasteiger partial charge in [-0.2, -0.15) is 0 Å². The lowest BCUT2D eigenvalue weighted by atomic mass is 9.92. The molecule has 1 unspecified atom stereocenters. The molecule has 1 saturated carbocycles. The molecule has 0 bridgehead atoms. The molecule has 5 rings (SSSR count). The van der Waals surface area contributed by atoms with E-state index in [0.29, 0.717) is 62.4 Å². The Labute approximate surface area is 365 Å². The van der Waals surface area contributed by atoms with E-state index >= 15 is 0 Å². The van der Waals surface area contributed by atoms with Gasteiger partial charge in [-0.1, -0.05) is 56.2 Å². The molecule has 1 atom stereocenters. The summed E-state index contributed by atoms with van der Waals surface area (Å²) in [5.74, 6) is 1.30. The Bertz CT molecular complexity index is 2300. The second-order valence-electron chi connectivity index (χ2n) is 15.3. The number of allylic oxidation sites excluding steroid dienone is 8. The summed E-state index contributed by atoms with van der Waals surface area (Å²) < 4.78 is 26.2. The molecular formula is C51H59N3O8. The van der Waals surface area contributed by atoms with Gasteiger partial charge in [-0.15, -0.1) is 0 Å². The van der Waals surface area contributed by atoms with Crippen molar-refractivity contribution in [2.75, 3.05) is 38.3 Å². The molecule has 11 heteroatoms. The molecule has 3 aromatic rings. The molecule has 1 aromatic heterocycles. The van der Waals surface area contributed by atoms with E-state index in [1.807, 2.05) is 56.1 Å². The van der Waals surface area contributed by atoms with Crippen molar-refractivity contribution in [1.82, 2.24) is 9.47 Å². The monoisotopic (exact) mass is 841 g/mol. The van der Waals surface area contributed by atoms with E-state index in [0.717, 1.165) is 46.4 Å². The Morgan fingerprint density at radius 3 is 2.27 bits per heavy atom. The number of carbonyl (C=O) groups excluding carboxylic acids is 4. The smallest absolute Gasteiger partial charge is 0.254 e. The molecule has 1 saturated heterocycles. The van der Waals surface area contributed by atoms with Crippen LogP contribution in [0.15, 0.2) is 116 Å². The highest BCUT2D eigenvalue weighted by Gasteiger charge is 2.32. The zero-order valence-corrected chi connectivity index (χ0v) is 36.6. The minimum absolute atomic E-state index is 0.0544. The number of aldehydes is 3. The number of hydrogen-bond donors (Lipinski definition) is 0. The predicted molar refractivity (Wildman–Crippen MR) is 248 cm³/mol. The molecule has 2 heterocycles. The van der Waals surface area contributed by atoms with Crippen molar-refractivity contribution in [3.05, 3.63) is 144 Å². The molecule has 62 heavy (non-hydrogen) atoms. The summed E-state index contributed by atoms with van der Waals surface area (Å²) in [6.45, 7) is 20.1. The van der Waals surface area contributed by atoms with Crippen LogP contribution >= 0.6 is 0 Å². The first kappa shape index (κ1) is 46.6. The molecule has 2 fully saturated rings. The summed E-state index contributed by atoms with van der Waals surface area (Å²) in [5.41, 5.74) is 6.79. The van der Waals surface area contributed by atoms with Crippen molar-refractivity contribution < 1.29 is 38.1 Å². The molecule has 0 spiro atoms. The number of fused-ring (bicyclic) bond motifs is 1. The Hall–Kier alpha value is -6.46. The minimum atomic E-state index is -0.758. The number of amides is 1. The molecule has 1 amide bonds. The molecule has 2 aliphatic rings. The fourth-order valence-electron chi connectivity index (χ4n) is 7.51. The highest BCUT2D eigenvalue weighted by Crippen LogP contribution is 2.32. The third-order valence-corrected chi connectivity index (χ3v) is 11.2. The third-order valence-electron chi connectivity index (χ3n) is 11.2. The van der Waals surface area contributed by atoms with Gasteiger partial charge in [0.1, 0.15) is 48.7 Å². The number of aryl methyl sites for hydroxylation is 1. The van der Waals surface area contributed by atoms with Crippen molar-refractivity contribution in [2.45, 2.75) is 70.8 Å². The molecule has 0 N–H and O–H groups in total. The van der Waals surface area contributed by atoms with Gasteiger partial charge in [0, 0.05) is 66.8 Å². The first-order valence-corrected chi connectivity index (χ1v) is 21.0. The van der Waals surface area contributed by atoms with Gasteiger partial charge in [-0.05, 0) is 93.0 Å². The lowest BCUT2D eigenvalue weighted by Gasteiger charge is -2.41. The number of carbonyl (C=O) groups is 4. The van der Waals surface area contributed by atoms with Gasteiger partial charge in [0.2, 0.25) is 0 Å². The van der Waals surface area contributed by atoms with E-state index in [4.69, 9.17) is 18.9 Å². The predicted octanol–water partition coefficient (Wildman–Crippen LogP) is 9.22. The zero-order chi connectivity index (χ0) is 44.8. The van der Waals surface area contributed by atoms with Gasteiger partial charge < -0.3 is 42.9 Å². The van der Waals surface area contributed by atoms with Crippen molar-refractivity contribution in [3.63, 3.8) is 0 Å². The average molecular weight is 842 g/mol. The summed E-state index contributed by atoms with van der Waals surface area (Å²) in [6.07, 6.45) is 21.5. The van der Waals surface area contributed by atoms with Crippen LogP contribution in [0.3, 0.4) is 0 Å². The molecule has 1 aliphatic heterocycles. The second kappa shape index (κ2) is 22.4. The Morgan fingerprint density at radius 1 is 0.903 bits per heavy atom. The Balaban J connectivity index is 0.980. The largest absolute Gasteiger partial charge is 0.492 e. The zero-order valence-electron chi connectivity index (χ0n) is 36.6. The van der Waals surface area contributed by atoms with Crippen LogP contribution in [0.4, 0.5) is 5.69 Å². The number of hydrogen-bond acceptors (Lipinski definition) is 9. The summed E-state index contributed by atoms with van der Waals surface area (Å²) in [7, 11) is 3.57. The van der Waals surface area contributed by atoms with Gasteiger partial charge in [-0.25, -0.2) is 0 Å². The van der Waals surface area contributed by atoms with Crippen molar-refractivity contribution in [1.29, 1.82) is 0 Å². The van der Waals surface area contributed by atoms with Gasteiger partial charge >= 0.3 is 0 Å². The number of benzene rings is 2. The Morgan fingerprint density at radius 2 is 1.63 bits per heavy atom. The Kier molecular flexibility index (Phi) is 16.8. The molecule has 1 aliphatic carbocycles. The van der Waals surface area contributed by atoms with Crippen LogP contribution in [-0.4, -0.2) is 91.9 Å². The van der Waals surface area contributed by atoms with Gasteiger partial charge in [-0.3, -0.25) is 9.59 Å². The number of likely N-dealkylation sites (N-methyl/N-ethyl adjacent to an activating group) is 1. The molecule has 11 nitrogen and oxygen atoms in total. The SMILES string of the molecule is C=Cc1c(/C=C\C)n(C)c2cc(C(/C=C\C(=C)OC3CC(OCCOC(/C=C\C(=C)OC4CN(c5ccc(C(=O)N(C)C(C=O)CCC=O)c(C=O)c5)C4)=C/C)C3)=C/C)ccc12. The van der Waals surface area contributed by atoms with Crippen LogP contribution in [0.5, 0.6) is 0 Å². The summed E-state index contributed by atoms with van der Waals surface area (Å²) in [4.78, 5) is 50.5. The van der Waals surface area contributed by atoms with Crippen LogP contribution in [0.1, 0.15) is 84.0 Å². The lowest BCUT2D eigenvalue weighted by Crippen LogP contribution is -2.52.